The highest BCUT2D eigenvalue weighted by Gasteiger charge is 2.15. The van der Waals surface area contributed by atoms with E-state index in [0.717, 1.165) is 12.1 Å². The van der Waals surface area contributed by atoms with Crippen LogP contribution in [0.15, 0.2) is 18.2 Å². The number of rotatable bonds is 2. The molecule has 1 rings (SSSR count). The van der Waals surface area contributed by atoms with Gasteiger partial charge in [0, 0.05) is 6.07 Å². The predicted octanol–water partition coefficient (Wildman–Crippen LogP) is 2.15. The van der Waals surface area contributed by atoms with Crippen LogP contribution in [-0.2, 0) is 4.79 Å². The Balaban J connectivity index is 3.07. The second-order valence-electron chi connectivity index (χ2n) is 2.76. The average Bonchev–Trinajstić information content (AvgIpc) is 2.01. The van der Waals surface area contributed by atoms with Crippen LogP contribution in [0.4, 0.5) is 8.78 Å². The van der Waals surface area contributed by atoms with Crippen molar-refractivity contribution in [2.24, 2.45) is 0 Å². The lowest BCUT2D eigenvalue weighted by atomic mass is 10.0. The molecule has 1 aromatic carbocycles. The summed E-state index contributed by atoms with van der Waals surface area (Å²) in [7, 11) is 0. The lowest BCUT2D eigenvalue weighted by Gasteiger charge is -2.06. The van der Waals surface area contributed by atoms with Crippen molar-refractivity contribution in [3.8, 4) is 0 Å². The number of carboxylic acids is 1. The van der Waals surface area contributed by atoms with Crippen LogP contribution in [0.3, 0.4) is 0 Å². The Hall–Kier alpha value is -1.45. The van der Waals surface area contributed by atoms with Crippen LogP contribution in [-0.4, -0.2) is 11.1 Å². The summed E-state index contributed by atoms with van der Waals surface area (Å²) in [5.74, 6) is -3.53. The Morgan fingerprint density at radius 2 is 1.77 bits per heavy atom. The van der Waals surface area contributed by atoms with Gasteiger partial charge in [0.25, 0.3) is 0 Å². The fourth-order valence-corrected chi connectivity index (χ4v) is 0.968. The highest BCUT2D eigenvalue weighted by molar-refractivity contribution is 5.75. The van der Waals surface area contributed by atoms with Crippen LogP contribution in [0.5, 0.6) is 0 Å². The van der Waals surface area contributed by atoms with Crippen molar-refractivity contribution in [3.63, 3.8) is 0 Å². The highest BCUT2D eigenvalue weighted by atomic mass is 19.1. The summed E-state index contributed by atoms with van der Waals surface area (Å²) in [4.78, 5) is 10.5. The van der Waals surface area contributed by atoms with Gasteiger partial charge in [0.15, 0.2) is 0 Å². The monoisotopic (exact) mass is 186 g/mol. The molecule has 70 valence electrons. The number of benzene rings is 1. The van der Waals surface area contributed by atoms with E-state index in [4.69, 9.17) is 5.11 Å². The number of hydrogen-bond acceptors (Lipinski definition) is 1. The first-order valence-electron chi connectivity index (χ1n) is 3.69. The molecule has 0 radical (unpaired) electrons. The van der Waals surface area contributed by atoms with Gasteiger partial charge < -0.3 is 5.11 Å². The Morgan fingerprint density at radius 3 is 2.15 bits per heavy atom. The maximum absolute atomic E-state index is 12.6. The molecular formula is C9H8F2O2. The third kappa shape index (κ3) is 2.24. The first kappa shape index (κ1) is 9.64. The van der Waals surface area contributed by atoms with Crippen molar-refractivity contribution in [3.05, 3.63) is 35.4 Å². The molecule has 4 heteroatoms. The van der Waals surface area contributed by atoms with E-state index in [1.165, 1.54) is 6.92 Å². The fourth-order valence-electron chi connectivity index (χ4n) is 0.968. The summed E-state index contributed by atoms with van der Waals surface area (Å²) < 4.78 is 25.2. The van der Waals surface area contributed by atoms with Crippen molar-refractivity contribution in [1.29, 1.82) is 0 Å². The van der Waals surface area contributed by atoms with Gasteiger partial charge in [0.05, 0.1) is 5.92 Å². The van der Waals surface area contributed by atoms with Crippen LogP contribution in [0.2, 0.25) is 0 Å². The second kappa shape index (κ2) is 3.51. The Bertz CT molecular complexity index is 316. The Morgan fingerprint density at radius 1 is 1.31 bits per heavy atom. The van der Waals surface area contributed by atoms with E-state index in [9.17, 15) is 13.6 Å². The molecule has 0 fully saturated rings. The van der Waals surface area contributed by atoms with E-state index >= 15 is 0 Å². The predicted molar refractivity (Wildman–Crippen MR) is 42.4 cm³/mol. The molecule has 1 aromatic rings. The zero-order valence-corrected chi connectivity index (χ0v) is 6.92. The third-order valence-electron chi connectivity index (χ3n) is 1.76. The first-order chi connectivity index (χ1) is 6.00. The molecule has 1 atom stereocenters. The van der Waals surface area contributed by atoms with E-state index in [-0.39, 0.29) is 5.56 Å². The van der Waals surface area contributed by atoms with Gasteiger partial charge in [0.1, 0.15) is 11.6 Å². The van der Waals surface area contributed by atoms with E-state index in [2.05, 4.69) is 0 Å². The minimum atomic E-state index is -1.11. The molecule has 0 amide bonds. The van der Waals surface area contributed by atoms with Crippen LogP contribution < -0.4 is 0 Å². The van der Waals surface area contributed by atoms with Gasteiger partial charge >= 0.3 is 5.97 Å². The normalized spacial score (nSPS) is 12.5. The zero-order valence-electron chi connectivity index (χ0n) is 6.92. The smallest absolute Gasteiger partial charge is 0.310 e. The van der Waals surface area contributed by atoms with E-state index in [1.54, 1.807) is 0 Å². The molecule has 0 saturated carbocycles. The van der Waals surface area contributed by atoms with Crippen LogP contribution in [0.25, 0.3) is 0 Å². The number of carbonyl (C=O) groups is 1. The molecular weight excluding hydrogens is 178 g/mol. The van der Waals surface area contributed by atoms with Gasteiger partial charge in [-0.15, -0.1) is 0 Å². The molecule has 0 heterocycles. The summed E-state index contributed by atoms with van der Waals surface area (Å²) >= 11 is 0. The molecule has 0 aromatic heterocycles. The molecule has 0 aliphatic carbocycles. The number of aliphatic carboxylic acids is 1. The molecule has 0 aliphatic heterocycles. The molecule has 0 bridgehead atoms. The second-order valence-corrected chi connectivity index (χ2v) is 2.76. The number of carboxylic acid groups (broad SMARTS) is 1. The van der Waals surface area contributed by atoms with Gasteiger partial charge in [-0.1, -0.05) is 0 Å². The van der Waals surface area contributed by atoms with E-state index in [1.807, 2.05) is 0 Å². The first-order valence-corrected chi connectivity index (χ1v) is 3.69. The van der Waals surface area contributed by atoms with E-state index in [0.29, 0.717) is 6.07 Å². The Kier molecular flexibility index (Phi) is 2.60. The highest BCUT2D eigenvalue weighted by Crippen LogP contribution is 2.17. The molecule has 1 N–H and O–H groups in total. The standard InChI is InChI=1S/C9H8F2O2/c1-5(9(12)13)6-2-7(10)4-8(11)3-6/h2-5H,1H3,(H,12,13)/t5-/m1/s1. The van der Waals surface area contributed by atoms with Crippen LogP contribution in [0, 0.1) is 11.6 Å². The molecule has 2 nitrogen and oxygen atoms in total. The maximum Gasteiger partial charge on any atom is 0.310 e. The third-order valence-corrected chi connectivity index (χ3v) is 1.76. The zero-order chi connectivity index (χ0) is 10.0. The largest absolute Gasteiger partial charge is 0.481 e. The van der Waals surface area contributed by atoms with Crippen molar-refractivity contribution < 1.29 is 18.7 Å². The van der Waals surface area contributed by atoms with Crippen LogP contribution in [0.1, 0.15) is 18.4 Å². The lowest BCUT2D eigenvalue weighted by molar-refractivity contribution is -0.138. The van der Waals surface area contributed by atoms with Gasteiger partial charge in [-0.2, -0.15) is 0 Å². The van der Waals surface area contributed by atoms with Crippen molar-refractivity contribution in [1.82, 2.24) is 0 Å². The van der Waals surface area contributed by atoms with Gasteiger partial charge in [-0.25, -0.2) is 8.78 Å². The molecule has 0 unspecified atom stereocenters. The number of halogens is 2. The van der Waals surface area contributed by atoms with Crippen molar-refractivity contribution in [2.45, 2.75) is 12.8 Å². The average molecular weight is 186 g/mol. The SMILES string of the molecule is C[C@@H](C(=O)O)c1cc(F)cc(F)c1. The molecule has 13 heavy (non-hydrogen) atoms. The Labute approximate surface area is 73.8 Å². The topological polar surface area (TPSA) is 37.3 Å². The quantitative estimate of drug-likeness (QED) is 0.768. The summed E-state index contributed by atoms with van der Waals surface area (Å²) in [6.45, 7) is 1.37. The van der Waals surface area contributed by atoms with Crippen LogP contribution >= 0.6 is 0 Å². The summed E-state index contributed by atoms with van der Waals surface area (Å²) in [6, 6.07) is 2.74. The summed E-state index contributed by atoms with van der Waals surface area (Å²) in [5.41, 5.74) is 0.130. The number of hydrogen-bond donors (Lipinski definition) is 1. The molecule has 0 spiro atoms. The summed E-state index contributed by atoms with van der Waals surface area (Å²) in [5, 5.41) is 8.57. The van der Waals surface area contributed by atoms with Gasteiger partial charge in [-0.05, 0) is 24.6 Å². The van der Waals surface area contributed by atoms with Crippen molar-refractivity contribution in [2.75, 3.05) is 0 Å². The van der Waals surface area contributed by atoms with Crippen molar-refractivity contribution >= 4 is 5.97 Å². The minimum absolute atomic E-state index is 0.130. The fraction of sp³-hybridized carbons (Fsp3) is 0.222. The minimum Gasteiger partial charge on any atom is -0.481 e. The van der Waals surface area contributed by atoms with E-state index < -0.39 is 23.5 Å². The van der Waals surface area contributed by atoms with Gasteiger partial charge in [0.2, 0.25) is 0 Å². The molecule has 0 aliphatic rings. The lowest BCUT2D eigenvalue weighted by Crippen LogP contribution is -2.07. The van der Waals surface area contributed by atoms with Gasteiger partial charge in [-0.3, -0.25) is 4.79 Å². The maximum atomic E-state index is 12.6. The molecule has 0 saturated heterocycles. The summed E-state index contributed by atoms with van der Waals surface area (Å²) in [6.07, 6.45) is 0.